The van der Waals surface area contributed by atoms with E-state index in [1.54, 1.807) is 0 Å². The molecule has 8 atom stereocenters. The van der Waals surface area contributed by atoms with Gasteiger partial charge >= 0.3 is 5.97 Å². The van der Waals surface area contributed by atoms with E-state index < -0.39 is 11.7 Å². The van der Waals surface area contributed by atoms with Crippen molar-refractivity contribution in [3.63, 3.8) is 0 Å². The Morgan fingerprint density at radius 2 is 1.96 bits per heavy atom. The van der Waals surface area contributed by atoms with Crippen LogP contribution < -0.4 is 0 Å². The Kier molecular flexibility index (Phi) is 3.16. The number of carbonyl (C=O) groups excluding carboxylic acids is 2. The molecular weight excluding hydrogens is 320 g/mol. The number of aliphatic hydroxyl groups excluding tert-OH is 1. The molecule has 5 rings (SSSR count). The summed E-state index contributed by atoms with van der Waals surface area (Å²) >= 11 is 0. The molecule has 0 aromatic carbocycles. The van der Waals surface area contributed by atoms with Gasteiger partial charge in [-0.3, -0.25) is 9.59 Å². The predicted octanol–water partition coefficient (Wildman–Crippen LogP) is 2.31. The average Bonchev–Trinajstić information content (AvgIpc) is 3.01. The van der Waals surface area contributed by atoms with E-state index in [-0.39, 0.29) is 40.3 Å². The van der Waals surface area contributed by atoms with Crippen LogP contribution in [0.25, 0.3) is 0 Å². The Labute approximate surface area is 148 Å². The third-order valence-electron chi connectivity index (χ3n) is 8.73. The zero-order valence-corrected chi connectivity index (χ0v) is 15.1. The molecule has 3 saturated carbocycles. The Morgan fingerprint density at radius 1 is 1.16 bits per heavy atom. The first-order valence-corrected chi connectivity index (χ1v) is 9.86. The van der Waals surface area contributed by atoms with Crippen LogP contribution in [0.15, 0.2) is 0 Å². The lowest BCUT2D eigenvalue weighted by atomic mass is 9.45. The molecule has 2 heterocycles. The molecule has 2 bridgehead atoms. The molecule has 0 unspecified atom stereocenters. The van der Waals surface area contributed by atoms with Gasteiger partial charge in [-0.1, -0.05) is 20.3 Å². The van der Waals surface area contributed by atoms with Gasteiger partial charge in [0.2, 0.25) is 0 Å². The maximum atomic E-state index is 13.2. The van der Waals surface area contributed by atoms with E-state index in [1.165, 1.54) is 0 Å². The quantitative estimate of drug-likeness (QED) is 0.537. The zero-order chi connectivity index (χ0) is 17.6. The summed E-state index contributed by atoms with van der Waals surface area (Å²) in [5.41, 5.74) is -1.37. The molecule has 3 aliphatic carbocycles. The van der Waals surface area contributed by atoms with E-state index >= 15 is 0 Å². The van der Waals surface area contributed by atoms with Crippen LogP contribution in [0.4, 0.5) is 0 Å². The number of ether oxygens (including phenoxy) is 2. The molecule has 0 aromatic rings. The number of cyclic esters (lactones) is 1. The fourth-order valence-corrected chi connectivity index (χ4v) is 7.68. The van der Waals surface area contributed by atoms with Gasteiger partial charge in [-0.2, -0.15) is 0 Å². The molecule has 25 heavy (non-hydrogen) atoms. The van der Waals surface area contributed by atoms with E-state index in [4.69, 9.17) is 9.47 Å². The molecule has 0 aromatic heterocycles. The summed E-state index contributed by atoms with van der Waals surface area (Å²) in [5, 5.41) is 10.7. The van der Waals surface area contributed by atoms with Crippen molar-refractivity contribution < 1.29 is 24.2 Å². The van der Waals surface area contributed by atoms with E-state index in [1.807, 2.05) is 6.92 Å². The second-order valence-electron chi connectivity index (χ2n) is 9.71. The van der Waals surface area contributed by atoms with Gasteiger partial charge in [0.25, 0.3) is 0 Å². The monoisotopic (exact) mass is 348 g/mol. The number of fused-ring (bicyclic) bond motifs is 4. The van der Waals surface area contributed by atoms with Crippen molar-refractivity contribution in [3.05, 3.63) is 0 Å². The normalized spacial score (nSPS) is 57.3. The highest BCUT2D eigenvalue weighted by Gasteiger charge is 2.74. The van der Waals surface area contributed by atoms with Crippen molar-refractivity contribution in [1.82, 2.24) is 0 Å². The van der Waals surface area contributed by atoms with E-state index in [0.29, 0.717) is 25.6 Å². The van der Waals surface area contributed by atoms with Crippen LogP contribution in [0.1, 0.15) is 52.4 Å². The van der Waals surface area contributed by atoms with E-state index in [9.17, 15) is 14.7 Å². The van der Waals surface area contributed by atoms with Gasteiger partial charge in [0.15, 0.2) is 12.1 Å². The number of hydrogen-bond donors (Lipinski definition) is 1. The van der Waals surface area contributed by atoms with Crippen LogP contribution in [-0.4, -0.2) is 36.4 Å². The molecule has 1 N–H and O–H groups in total. The van der Waals surface area contributed by atoms with E-state index in [0.717, 1.165) is 32.1 Å². The lowest BCUT2D eigenvalue weighted by Gasteiger charge is -2.60. The molecule has 5 aliphatic rings. The number of rotatable bonds is 0. The lowest BCUT2D eigenvalue weighted by molar-refractivity contribution is -0.225. The molecular formula is C20H28O5. The van der Waals surface area contributed by atoms with Crippen molar-refractivity contribution in [2.45, 2.75) is 58.7 Å². The average molecular weight is 348 g/mol. The highest BCUT2D eigenvalue weighted by atomic mass is 16.6. The van der Waals surface area contributed by atoms with Gasteiger partial charge in [0.1, 0.15) is 5.41 Å². The molecule has 2 spiro atoms. The van der Waals surface area contributed by atoms with Gasteiger partial charge in [0, 0.05) is 17.3 Å². The van der Waals surface area contributed by atoms with Crippen LogP contribution in [-0.2, 0) is 19.1 Å². The standard InChI is InChI=1S/C20H28O5/c1-11-12-4-5-13-19(10-25-17(23)20(13,8-12)15(11)21)7-3-6-18(2)9-24-16(22)14(18)19/h11-14,16,22H,3-10H2,1-2H3/t11-,12-,13+,14-,16+,18+,19-,20+/m1/s1. The number of hydrogen-bond acceptors (Lipinski definition) is 5. The minimum absolute atomic E-state index is 0.00377. The minimum Gasteiger partial charge on any atom is -0.464 e. The SMILES string of the molecule is C[C@H]1C(=O)[C@]23C[C@H]1CC[C@H]2[C@@]1(CCC[C@@]2(C)CO[C@H](O)[C@H]21)COC3=O. The molecule has 2 saturated heterocycles. The Morgan fingerprint density at radius 3 is 2.76 bits per heavy atom. The first-order chi connectivity index (χ1) is 11.9. The fourth-order valence-electron chi connectivity index (χ4n) is 7.68. The van der Waals surface area contributed by atoms with Gasteiger partial charge in [-0.15, -0.1) is 0 Å². The summed E-state index contributed by atoms with van der Waals surface area (Å²) in [6.07, 6.45) is 4.73. The number of esters is 1. The maximum Gasteiger partial charge on any atom is 0.319 e. The summed E-state index contributed by atoms with van der Waals surface area (Å²) in [5.74, 6) is 0.0196. The molecule has 2 aliphatic heterocycles. The maximum absolute atomic E-state index is 13.2. The zero-order valence-electron chi connectivity index (χ0n) is 15.1. The van der Waals surface area contributed by atoms with Crippen LogP contribution in [0.5, 0.6) is 0 Å². The van der Waals surface area contributed by atoms with Crippen molar-refractivity contribution >= 4 is 11.8 Å². The Bertz CT molecular complexity index is 642. The lowest BCUT2D eigenvalue weighted by Crippen LogP contribution is -2.64. The molecule has 138 valence electrons. The van der Waals surface area contributed by atoms with Crippen molar-refractivity contribution in [3.8, 4) is 0 Å². The van der Waals surface area contributed by atoms with Crippen LogP contribution >= 0.6 is 0 Å². The second kappa shape index (κ2) is 4.86. The summed E-state index contributed by atoms with van der Waals surface area (Å²) in [4.78, 5) is 26.1. The third kappa shape index (κ3) is 1.72. The largest absolute Gasteiger partial charge is 0.464 e. The Hall–Kier alpha value is -0.940. The second-order valence-corrected chi connectivity index (χ2v) is 9.71. The van der Waals surface area contributed by atoms with Gasteiger partial charge in [-0.25, -0.2) is 0 Å². The van der Waals surface area contributed by atoms with Crippen molar-refractivity contribution in [2.24, 2.45) is 39.9 Å². The van der Waals surface area contributed by atoms with Gasteiger partial charge in [-0.05, 0) is 49.4 Å². The summed E-state index contributed by atoms with van der Waals surface area (Å²) in [6.45, 7) is 5.08. The number of carbonyl (C=O) groups is 2. The number of Topliss-reactive ketones (excluding diaryl/α,β-unsaturated/α-hetero) is 1. The highest BCUT2D eigenvalue weighted by Crippen LogP contribution is 2.69. The van der Waals surface area contributed by atoms with Gasteiger partial charge < -0.3 is 14.6 Å². The van der Waals surface area contributed by atoms with Gasteiger partial charge in [0.05, 0.1) is 13.2 Å². The predicted molar refractivity (Wildman–Crippen MR) is 88.2 cm³/mol. The molecule has 0 radical (unpaired) electrons. The van der Waals surface area contributed by atoms with Crippen molar-refractivity contribution in [2.75, 3.05) is 13.2 Å². The molecule has 5 fully saturated rings. The van der Waals surface area contributed by atoms with E-state index in [2.05, 4.69) is 6.92 Å². The van der Waals surface area contributed by atoms with Crippen molar-refractivity contribution in [1.29, 1.82) is 0 Å². The summed E-state index contributed by atoms with van der Waals surface area (Å²) in [7, 11) is 0. The first-order valence-electron chi connectivity index (χ1n) is 9.86. The smallest absolute Gasteiger partial charge is 0.319 e. The summed E-state index contributed by atoms with van der Waals surface area (Å²) < 4.78 is 11.4. The third-order valence-corrected chi connectivity index (χ3v) is 8.73. The highest BCUT2D eigenvalue weighted by molar-refractivity contribution is 6.07. The number of ketones is 1. The molecule has 5 nitrogen and oxygen atoms in total. The van der Waals surface area contributed by atoms with Crippen LogP contribution in [0.2, 0.25) is 0 Å². The summed E-state index contributed by atoms with van der Waals surface area (Å²) in [6, 6.07) is 0. The van der Waals surface area contributed by atoms with Crippen LogP contribution in [0, 0.1) is 39.9 Å². The molecule has 5 heteroatoms. The number of aliphatic hydroxyl groups is 1. The minimum atomic E-state index is -0.957. The fraction of sp³-hybridized carbons (Fsp3) is 0.900. The van der Waals surface area contributed by atoms with Crippen LogP contribution in [0.3, 0.4) is 0 Å². The Balaban J connectivity index is 1.66. The topological polar surface area (TPSA) is 72.8 Å². The first kappa shape index (κ1) is 16.2. The molecule has 0 amide bonds.